The molecule has 0 aromatic carbocycles. The van der Waals surface area contributed by atoms with Crippen LogP contribution in [0.4, 0.5) is 0 Å². The number of hydrogen-bond donors (Lipinski definition) is 0. The minimum atomic E-state index is -0.0616. The normalized spacial score (nSPS) is 23.0. The van der Waals surface area contributed by atoms with Crippen LogP contribution in [0.15, 0.2) is 5.38 Å². The molecular weight excluding hydrogens is 258 g/mol. The van der Waals surface area contributed by atoms with Crippen LogP contribution in [0.1, 0.15) is 44.5 Å². The van der Waals surface area contributed by atoms with Crippen LogP contribution in [0, 0.1) is 11.3 Å². The fourth-order valence-electron chi connectivity index (χ4n) is 2.03. The number of thiazole rings is 1. The molecule has 2 unspecified atom stereocenters. The molecule has 1 aliphatic heterocycles. The molecule has 4 nitrogen and oxygen atoms in total. The van der Waals surface area contributed by atoms with Crippen LogP contribution in [0.2, 0.25) is 0 Å². The summed E-state index contributed by atoms with van der Waals surface area (Å²) in [5.41, 5.74) is 1.19. The zero-order valence-electron chi connectivity index (χ0n) is 12.0. The van der Waals surface area contributed by atoms with Gasteiger partial charge in [-0.25, -0.2) is 4.98 Å². The largest absolute Gasteiger partial charge is 0.368 e. The van der Waals surface area contributed by atoms with E-state index in [-0.39, 0.29) is 17.6 Å². The van der Waals surface area contributed by atoms with Gasteiger partial charge in [-0.2, -0.15) is 5.26 Å². The fourth-order valence-corrected chi connectivity index (χ4v) is 3.12. The Morgan fingerprint density at radius 3 is 2.89 bits per heavy atom. The lowest BCUT2D eigenvalue weighted by atomic mass is 9.93. The van der Waals surface area contributed by atoms with Gasteiger partial charge >= 0.3 is 0 Å². The maximum absolute atomic E-state index is 9.01. The number of ether oxygens (including phenoxy) is 1. The quantitative estimate of drug-likeness (QED) is 0.835. The van der Waals surface area contributed by atoms with E-state index in [9.17, 15) is 0 Å². The van der Waals surface area contributed by atoms with Gasteiger partial charge in [-0.15, -0.1) is 11.3 Å². The highest BCUT2D eigenvalue weighted by Gasteiger charge is 2.28. The molecule has 0 spiro atoms. The van der Waals surface area contributed by atoms with Gasteiger partial charge in [-0.1, -0.05) is 20.8 Å². The summed E-state index contributed by atoms with van der Waals surface area (Å²) < 4.78 is 5.81. The summed E-state index contributed by atoms with van der Waals surface area (Å²) in [6.07, 6.45) is 0.00523. The van der Waals surface area contributed by atoms with Crippen LogP contribution in [0.25, 0.3) is 0 Å². The first-order chi connectivity index (χ1) is 8.91. The summed E-state index contributed by atoms with van der Waals surface area (Å²) in [6.45, 7) is 10.7. The van der Waals surface area contributed by atoms with Crippen molar-refractivity contribution in [1.82, 2.24) is 9.88 Å². The summed E-state index contributed by atoms with van der Waals surface area (Å²) in [5, 5.41) is 12.2. The predicted octanol–water partition coefficient (Wildman–Crippen LogP) is 2.73. The molecule has 2 rings (SSSR count). The van der Waals surface area contributed by atoms with E-state index in [1.165, 1.54) is 0 Å². The molecule has 0 bridgehead atoms. The van der Waals surface area contributed by atoms with Gasteiger partial charge in [0.2, 0.25) is 0 Å². The first-order valence-electron chi connectivity index (χ1n) is 6.63. The maximum atomic E-state index is 9.01. The number of hydrogen-bond acceptors (Lipinski definition) is 5. The van der Waals surface area contributed by atoms with Gasteiger partial charge in [-0.05, 0) is 6.92 Å². The molecule has 1 aromatic rings. The van der Waals surface area contributed by atoms with E-state index < -0.39 is 0 Å². The van der Waals surface area contributed by atoms with E-state index in [1.807, 2.05) is 6.92 Å². The second-order valence-electron chi connectivity index (χ2n) is 5.98. The van der Waals surface area contributed by atoms with Crippen molar-refractivity contribution in [2.45, 2.75) is 45.3 Å². The summed E-state index contributed by atoms with van der Waals surface area (Å²) in [5.74, 6) is 0. The number of nitriles is 1. The van der Waals surface area contributed by atoms with Crippen molar-refractivity contribution in [2.75, 3.05) is 19.7 Å². The third-order valence-electron chi connectivity index (χ3n) is 3.40. The second-order valence-corrected chi connectivity index (χ2v) is 6.87. The summed E-state index contributed by atoms with van der Waals surface area (Å²) >= 11 is 1.66. The van der Waals surface area contributed by atoms with Crippen molar-refractivity contribution in [1.29, 1.82) is 5.26 Å². The van der Waals surface area contributed by atoms with Gasteiger partial charge in [0.1, 0.15) is 11.1 Å². The molecule has 2 heterocycles. The molecule has 19 heavy (non-hydrogen) atoms. The fraction of sp³-hybridized carbons (Fsp3) is 0.714. The monoisotopic (exact) mass is 279 g/mol. The molecule has 0 saturated carbocycles. The Hall–Kier alpha value is -0.960. The molecule has 0 N–H and O–H groups in total. The lowest BCUT2D eigenvalue weighted by Gasteiger charge is -2.33. The average molecular weight is 279 g/mol. The zero-order chi connectivity index (χ0) is 14.0. The Morgan fingerprint density at radius 2 is 2.32 bits per heavy atom. The molecule has 2 atom stereocenters. The van der Waals surface area contributed by atoms with Crippen LogP contribution >= 0.6 is 11.3 Å². The SMILES string of the molecule is CC(C#N)N1CCOC(c2nc(C(C)(C)C)cs2)C1. The lowest BCUT2D eigenvalue weighted by molar-refractivity contribution is -0.0360. The van der Waals surface area contributed by atoms with Crippen LogP contribution in [0.3, 0.4) is 0 Å². The third kappa shape index (κ3) is 3.33. The van der Waals surface area contributed by atoms with Crippen LogP contribution in [-0.2, 0) is 10.2 Å². The van der Waals surface area contributed by atoms with Gasteiger partial charge in [0.25, 0.3) is 0 Å². The van der Waals surface area contributed by atoms with Crippen LogP contribution in [0.5, 0.6) is 0 Å². The molecule has 5 heteroatoms. The minimum absolute atomic E-state index is 0.00523. The summed E-state index contributed by atoms with van der Waals surface area (Å²) in [6, 6.07) is 2.23. The highest BCUT2D eigenvalue weighted by atomic mass is 32.1. The zero-order valence-corrected chi connectivity index (χ0v) is 12.8. The van der Waals surface area contributed by atoms with E-state index in [2.05, 4.69) is 37.1 Å². The van der Waals surface area contributed by atoms with Crippen LogP contribution in [-0.4, -0.2) is 35.6 Å². The second kappa shape index (κ2) is 5.58. The van der Waals surface area contributed by atoms with Gasteiger partial charge in [0.05, 0.1) is 24.4 Å². The molecule has 0 radical (unpaired) electrons. The number of aromatic nitrogens is 1. The average Bonchev–Trinajstić information content (AvgIpc) is 2.87. The first kappa shape index (κ1) is 14.4. The standard InChI is InChI=1S/C14H21N3OS/c1-10(7-15)17-5-6-18-11(8-17)13-16-12(9-19-13)14(2,3)4/h9-11H,5-6,8H2,1-4H3. The van der Waals surface area contributed by atoms with Crippen molar-refractivity contribution in [3.63, 3.8) is 0 Å². The molecular formula is C14H21N3OS. The van der Waals surface area contributed by atoms with Crippen molar-refractivity contribution in [3.05, 3.63) is 16.1 Å². The lowest BCUT2D eigenvalue weighted by Crippen LogP contribution is -2.42. The Morgan fingerprint density at radius 1 is 1.58 bits per heavy atom. The molecule has 0 aliphatic carbocycles. The molecule has 0 amide bonds. The first-order valence-corrected chi connectivity index (χ1v) is 7.51. The topological polar surface area (TPSA) is 49.2 Å². The van der Waals surface area contributed by atoms with Gasteiger partial charge in [0, 0.05) is 23.9 Å². The third-order valence-corrected chi connectivity index (χ3v) is 4.34. The molecule has 1 saturated heterocycles. The highest BCUT2D eigenvalue weighted by Crippen LogP contribution is 2.30. The van der Waals surface area contributed by atoms with Crippen molar-refractivity contribution in [3.8, 4) is 6.07 Å². The Kier molecular flexibility index (Phi) is 4.24. The van der Waals surface area contributed by atoms with Crippen molar-refractivity contribution in [2.24, 2.45) is 0 Å². The smallest absolute Gasteiger partial charge is 0.123 e. The maximum Gasteiger partial charge on any atom is 0.123 e. The van der Waals surface area contributed by atoms with E-state index in [1.54, 1.807) is 11.3 Å². The van der Waals surface area contributed by atoms with E-state index >= 15 is 0 Å². The Balaban J connectivity index is 2.10. The molecule has 1 aromatic heterocycles. The van der Waals surface area contributed by atoms with Crippen molar-refractivity contribution >= 4 is 11.3 Å². The predicted molar refractivity (Wildman–Crippen MR) is 76.2 cm³/mol. The molecule has 104 valence electrons. The van der Waals surface area contributed by atoms with Crippen molar-refractivity contribution < 1.29 is 4.74 Å². The minimum Gasteiger partial charge on any atom is -0.368 e. The summed E-state index contributed by atoms with van der Waals surface area (Å²) in [7, 11) is 0. The van der Waals surface area contributed by atoms with Crippen LogP contribution < -0.4 is 0 Å². The van der Waals surface area contributed by atoms with Gasteiger partial charge in [0.15, 0.2) is 0 Å². The highest BCUT2D eigenvalue weighted by molar-refractivity contribution is 7.09. The summed E-state index contributed by atoms with van der Waals surface area (Å²) in [4.78, 5) is 6.87. The van der Waals surface area contributed by atoms with Gasteiger partial charge < -0.3 is 4.74 Å². The number of rotatable bonds is 2. The number of morpholine rings is 1. The Labute approximate surface area is 119 Å². The molecule has 1 aliphatic rings. The van der Waals surface area contributed by atoms with E-state index in [0.29, 0.717) is 6.61 Å². The molecule has 1 fully saturated rings. The van der Waals surface area contributed by atoms with E-state index in [0.717, 1.165) is 23.8 Å². The van der Waals surface area contributed by atoms with E-state index in [4.69, 9.17) is 15.0 Å². The van der Waals surface area contributed by atoms with Gasteiger partial charge in [-0.3, -0.25) is 4.90 Å². The number of nitrogens with zero attached hydrogens (tertiary/aromatic N) is 3. The Bertz CT molecular complexity index is 472.